The van der Waals surface area contributed by atoms with E-state index in [2.05, 4.69) is 0 Å². The van der Waals surface area contributed by atoms with Gasteiger partial charge in [0.1, 0.15) is 5.75 Å². The number of rotatable bonds is 6. The average Bonchev–Trinajstić information content (AvgIpc) is 3.14. The van der Waals surface area contributed by atoms with Crippen molar-refractivity contribution < 1.29 is 23.9 Å². The van der Waals surface area contributed by atoms with Crippen LogP contribution in [-0.4, -0.2) is 55.5 Å². The van der Waals surface area contributed by atoms with Crippen LogP contribution in [0.5, 0.6) is 5.75 Å². The predicted molar refractivity (Wildman–Crippen MR) is 109 cm³/mol. The first-order valence-electron chi connectivity index (χ1n) is 10.3. The number of anilines is 1. The molecule has 0 bridgehead atoms. The Balaban J connectivity index is 1.59. The van der Waals surface area contributed by atoms with Crippen LogP contribution >= 0.6 is 0 Å². The van der Waals surface area contributed by atoms with E-state index in [1.807, 2.05) is 12.1 Å². The normalized spacial score (nSPS) is 21.0. The van der Waals surface area contributed by atoms with Gasteiger partial charge in [0.05, 0.1) is 18.7 Å². The van der Waals surface area contributed by atoms with Crippen molar-refractivity contribution in [2.24, 2.45) is 5.92 Å². The Labute approximate surface area is 171 Å². The lowest BCUT2D eigenvalue weighted by Gasteiger charge is -2.32. The lowest BCUT2D eigenvalue weighted by Crippen LogP contribution is -2.44. The van der Waals surface area contributed by atoms with Gasteiger partial charge in [0, 0.05) is 26.1 Å². The lowest BCUT2D eigenvalue weighted by atomic mass is 9.94. The zero-order chi connectivity index (χ0) is 21.0. The van der Waals surface area contributed by atoms with Crippen LogP contribution in [0.4, 0.5) is 5.69 Å². The number of nitrogens with zero attached hydrogens (tertiary/aromatic N) is 2. The molecule has 29 heavy (non-hydrogen) atoms. The van der Waals surface area contributed by atoms with Gasteiger partial charge in [-0.3, -0.25) is 14.4 Å². The molecule has 0 spiro atoms. The SMILES string of the molecule is COc1ccccc1N1C[C@@H](C(=O)O[C@H](C)C(=O)N(C)C2CCCCC2)CC1=O. The Morgan fingerprint density at radius 3 is 2.55 bits per heavy atom. The maximum Gasteiger partial charge on any atom is 0.312 e. The summed E-state index contributed by atoms with van der Waals surface area (Å²) in [6, 6.07) is 7.42. The number of ether oxygens (including phenoxy) is 2. The third-order valence-electron chi connectivity index (χ3n) is 5.95. The fraction of sp³-hybridized carbons (Fsp3) is 0.591. The molecular weight excluding hydrogens is 372 g/mol. The van der Waals surface area contributed by atoms with E-state index in [0.717, 1.165) is 25.7 Å². The second kappa shape index (κ2) is 9.29. The standard InChI is InChI=1S/C22H30N2O5/c1-15(21(26)23(2)17-9-5-4-6-10-17)29-22(27)16-13-20(25)24(14-16)18-11-7-8-12-19(18)28-3/h7-8,11-12,15-17H,4-6,9-10,13-14H2,1-3H3/t15-,16+/m1/s1. The van der Waals surface area contributed by atoms with Gasteiger partial charge in [-0.15, -0.1) is 0 Å². The van der Waals surface area contributed by atoms with Crippen molar-refractivity contribution in [1.29, 1.82) is 0 Å². The molecule has 1 heterocycles. The van der Waals surface area contributed by atoms with Crippen LogP contribution in [0.3, 0.4) is 0 Å². The minimum Gasteiger partial charge on any atom is -0.495 e. The van der Waals surface area contributed by atoms with E-state index in [4.69, 9.17) is 9.47 Å². The summed E-state index contributed by atoms with van der Waals surface area (Å²) in [6.45, 7) is 1.83. The Morgan fingerprint density at radius 1 is 1.17 bits per heavy atom. The van der Waals surface area contributed by atoms with Gasteiger partial charge in [0.2, 0.25) is 5.91 Å². The number of hydrogen-bond acceptors (Lipinski definition) is 5. The van der Waals surface area contributed by atoms with Crippen LogP contribution in [0, 0.1) is 5.92 Å². The van der Waals surface area contributed by atoms with Crippen LogP contribution in [-0.2, 0) is 19.1 Å². The van der Waals surface area contributed by atoms with E-state index in [1.165, 1.54) is 6.42 Å². The van der Waals surface area contributed by atoms with Gasteiger partial charge in [-0.1, -0.05) is 31.4 Å². The number of benzene rings is 1. The molecule has 0 unspecified atom stereocenters. The molecule has 7 nitrogen and oxygen atoms in total. The zero-order valence-electron chi connectivity index (χ0n) is 17.4. The third kappa shape index (κ3) is 4.71. The Kier molecular flexibility index (Phi) is 6.77. The summed E-state index contributed by atoms with van der Waals surface area (Å²) in [6.07, 6.45) is 4.66. The topological polar surface area (TPSA) is 76.2 Å². The van der Waals surface area contributed by atoms with Gasteiger partial charge < -0.3 is 19.3 Å². The molecule has 1 saturated heterocycles. The minimum absolute atomic E-state index is 0.0657. The first-order valence-corrected chi connectivity index (χ1v) is 10.3. The molecule has 1 aromatic carbocycles. The minimum atomic E-state index is -0.857. The van der Waals surface area contributed by atoms with Crippen molar-refractivity contribution in [2.75, 3.05) is 25.6 Å². The second-order valence-electron chi connectivity index (χ2n) is 7.90. The average molecular weight is 402 g/mol. The highest BCUT2D eigenvalue weighted by Gasteiger charge is 2.38. The van der Waals surface area contributed by atoms with Crippen LogP contribution in [0.1, 0.15) is 45.4 Å². The molecule has 1 aliphatic heterocycles. The van der Waals surface area contributed by atoms with Crippen LogP contribution in [0.15, 0.2) is 24.3 Å². The number of carbonyl (C=O) groups excluding carboxylic acids is 3. The van der Waals surface area contributed by atoms with Gasteiger partial charge in [-0.05, 0) is 31.9 Å². The predicted octanol–water partition coefficient (Wildman–Crippen LogP) is 2.77. The Morgan fingerprint density at radius 2 is 1.86 bits per heavy atom. The fourth-order valence-electron chi connectivity index (χ4n) is 4.21. The van der Waals surface area contributed by atoms with Crippen molar-refractivity contribution >= 4 is 23.5 Å². The molecule has 0 aromatic heterocycles. The molecule has 1 aliphatic carbocycles. The molecule has 158 valence electrons. The van der Waals surface area contributed by atoms with Crippen molar-refractivity contribution in [1.82, 2.24) is 4.90 Å². The van der Waals surface area contributed by atoms with Crippen molar-refractivity contribution in [2.45, 2.75) is 57.6 Å². The molecule has 0 radical (unpaired) electrons. The van der Waals surface area contributed by atoms with E-state index >= 15 is 0 Å². The van der Waals surface area contributed by atoms with E-state index in [9.17, 15) is 14.4 Å². The van der Waals surface area contributed by atoms with Gasteiger partial charge >= 0.3 is 5.97 Å². The van der Waals surface area contributed by atoms with E-state index in [0.29, 0.717) is 11.4 Å². The summed E-state index contributed by atoms with van der Waals surface area (Å²) in [5.74, 6) is -0.866. The van der Waals surface area contributed by atoms with Crippen molar-refractivity contribution in [3.8, 4) is 5.75 Å². The van der Waals surface area contributed by atoms with Crippen molar-refractivity contribution in [3.63, 3.8) is 0 Å². The van der Waals surface area contributed by atoms with E-state index < -0.39 is 18.0 Å². The zero-order valence-corrected chi connectivity index (χ0v) is 17.4. The molecule has 2 atom stereocenters. The maximum absolute atomic E-state index is 12.7. The Hall–Kier alpha value is -2.57. The molecule has 2 aliphatic rings. The van der Waals surface area contributed by atoms with Crippen molar-refractivity contribution in [3.05, 3.63) is 24.3 Å². The second-order valence-corrected chi connectivity index (χ2v) is 7.90. The lowest BCUT2D eigenvalue weighted by molar-refractivity contribution is -0.162. The smallest absolute Gasteiger partial charge is 0.312 e. The van der Waals surface area contributed by atoms with Gasteiger partial charge in [-0.25, -0.2) is 0 Å². The number of likely N-dealkylation sites (N-methyl/N-ethyl adjacent to an activating group) is 1. The summed E-state index contributed by atoms with van der Waals surface area (Å²) >= 11 is 0. The molecule has 1 aromatic rings. The largest absolute Gasteiger partial charge is 0.495 e. The molecule has 3 rings (SSSR count). The van der Waals surface area contributed by atoms with Gasteiger partial charge in [-0.2, -0.15) is 0 Å². The number of para-hydroxylation sites is 2. The van der Waals surface area contributed by atoms with Crippen LogP contribution in [0.25, 0.3) is 0 Å². The number of hydrogen-bond donors (Lipinski definition) is 0. The quantitative estimate of drug-likeness (QED) is 0.684. The highest BCUT2D eigenvalue weighted by molar-refractivity contribution is 6.00. The molecule has 2 fully saturated rings. The number of amides is 2. The fourth-order valence-corrected chi connectivity index (χ4v) is 4.21. The number of carbonyl (C=O) groups is 3. The van der Waals surface area contributed by atoms with Gasteiger partial charge in [0.25, 0.3) is 5.91 Å². The van der Waals surface area contributed by atoms with Crippen LogP contribution < -0.4 is 9.64 Å². The molecular formula is C22H30N2O5. The molecule has 2 amide bonds. The van der Waals surface area contributed by atoms with Crippen LogP contribution in [0.2, 0.25) is 0 Å². The number of esters is 1. The third-order valence-corrected chi connectivity index (χ3v) is 5.95. The summed E-state index contributed by atoms with van der Waals surface area (Å²) in [4.78, 5) is 41.1. The Bertz CT molecular complexity index is 759. The van der Waals surface area contributed by atoms with E-state index in [-0.39, 0.29) is 30.8 Å². The summed E-state index contributed by atoms with van der Waals surface area (Å²) in [5.41, 5.74) is 0.636. The van der Waals surface area contributed by atoms with Gasteiger partial charge in [0.15, 0.2) is 6.10 Å². The summed E-state index contributed by atoms with van der Waals surface area (Å²) in [5, 5.41) is 0. The highest BCUT2D eigenvalue weighted by Crippen LogP contribution is 2.33. The summed E-state index contributed by atoms with van der Waals surface area (Å²) < 4.78 is 10.8. The molecule has 7 heteroatoms. The van der Waals surface area contributed by atoms with E-state index in [1.54, 1.807) is 43.0 Å². The monoisotopic (exact) mass is 402 g/mol. The molecule has 0 N–H and O–H groups in total. The maximum atomic E-state index is 12.7. The molecule has 1 saturated carbocycles. The highest BCUT2D eigenvalue weighted by atomic mass is 16.5. The first-order chi connectivity index (χ1) is 13.9. The summed E-state index contributed by atoms with van der Waals surface area (Å²) in [7, 11) is 3.33. The number of methoxy groups -OCH3 is 1. The first kappa shape index (κ1) is 21.1.